The quantitative estimate of drug-likeness (QED) is 0.621. The van der Waals surface area contributed by atoms with E-state index in [0.717, 1.165) is 70.2 Å². The van der Waals surface area contributed by atoms with Crippen LogP contribution in [-0.2, 0) is 17.5 Å². The van der Waals surface area contributed by atoms with Crippen molar-refractivity contribution in [1.29, 1.82) is 0 Å². The van der Waals surface area contributed by atoms with Crippen LogP contribution in [0.25, 0.3) is 11.3 Å². The molecule has 6 nitrogen and oxygen atoms in total. The second kappa shape index (κ2) is 10.0. The lowest BCUT2D eigenvalue weighted by atomic mass is 10.00. The van der Waals surface area contributed by atoms with Gasteiger partial charge in [-0.2, -0.15) is 13.2 Å². The molecule has 1 saturated carbocycles. The van der Waals surface area contributed by atoms with E-state index in [1.54, 1.807) is 25.1 Å². The fourth-order valence-electron chi connectivity index (χ4n) is 6.11. The molecule has 1 aromatic carbocycles. The monoisotopic (exact) mass is 490 g/mol. The summed E-state index contributed by atoms with van der Waals surface area (Å²) in [4.78, 5) is 2.54. The minimum absolute atomic E-state index is 0.0259. The molecular weight excluding hydrogens is 457 g/mol. The van der Waals surface area contributed by atoms with E-state index in [1.165, 1.54) is 0 Å². The Morgan fingerprint density at radius 1 is 1.09 bits per heavy atom. The number of aliphatic hydroxyl groups excluding tert-OH is 1. The van der Waals surface area contributed by atoms with Gasteiger partial charge in [-0.05, 0) is 67.6 Å². The second-order valence-corrected chi connectivity index (χ2v) is 10.4. The van der Waals surface area contributed by atoms with Crippen LogP contribution in [0.2, 0.25) is 0 Å². The van der Waals surface area contributed by atoms with Crippen LogP contribution in [0.3, 0.4) is 0 Å². The Labute approximate surface area is 203 Å². The van der Waals surface area contributed by atoms with Crippen molar-refractivity contribution in [2.24, 2.45) is 17.8 Å². The van der Waals surface area contributed by atoms with Crippen LogP contribution >= 0.6 is 0 Å². The summed E-state index contributed by atoms with van der Waals surface area (Å²) in [6.07, 6.45) is -0.582. The van der Waals surface area contributed by atoms with Gasteiger partial charge in [0.05, 0.1) is 12.3 Å². The first-order chi connectivity index (χ1) is 16.8. The zero-order valence-corrected chi connectivity index (χ0v) is 20.0. The van der Waals surface area contributed by atoms with Crippen LogP contribution in [0.4, 0.5) is 19.0 Å². The average Bonchev–Trinajstić information content (AvgIpc) is 3.37. The van der Waals surface area contributed by atoms with Gasteiger partial charge >= 0.3 is 6.18 Å². The SMILES string of the molecule is Cc1cc(CO)ccc1-c1cc(C(F)(F)F)c(N[C@H]2C[C@@H]3CN(CC4CCOCC4)C[C@@H]3C2)nn1. The lowest BCUT2D eigenvalue weighted by Crippen LogP contribution is -2.32. The summed E-state index contributed by atoms with van der Waals surface area (Å²) < 4.78 is 47.4. The molecule has 0 unspecified atom stereocenters. The minimum atomic E-state index is -4.54. The lowest BCUT2D eigenvalue weighted by molar-refractivity contribution is -0.137. The third-order valence-electron chi connectivity index (χ3n) is 7.87. The number of benzene rings is 1. The standard InChI is InChI=1S/C26H33F3N4O2/c1-16-8-18(15-34)2-3-22(16)24-11-23(26(27,28)29)25(32-31-24)30-21-9-19-13-33(14-20(19)10-21)12-17-4-6-35-7-5-17/h2-3,8,11,17,19-21,34H,4-7,9-10,12-15H2,1H3,(H,30,32)/t19-,20+,21+. The van der Waals surface area contributed by atoms with Gasteiger partial charge in [0.15, 0.2) is 5.82 Å². The van der Waals surface area contributed by atoms with Crippen molar-refractivity contribution in [2.45, 2.75) is 51.4 Å². The van der Waals surface area contributed by atoms with E-state index in [1.807, 2.05) is 0 Å². The van der Waals surface area contributed by atoms with Gasteiger partial charge in [0.1, 0.15) is 5.56 Å². The molecule has 190 valence electrons. The van der Waals surface area contributed by atoms with E-state index in [2.05, 4.69) is 20.4 Å². The average molecular weight is 491 g/mol. The predicted molar refractivity (Wildman–Crippen MR) is 127 cm³/mol. The van der Waals surface area contributed by atoms with Crippen molar-refractivity contribution in [2.75, 3.05) is 38.2 Å². The Morgan fingerprint density at radius 3 is 2.43 bits per heavy atom. The Balaban J connectivity index is 1.26. The number of hydrogen-bond donors (Lipinski definition) is 2. The van der Waals surface area contributed by atoms with Crippen LogP contribution in [0.15, 0.2) is 24.3 Å². The van der Waals surface area contributed by atoms with Crippen LogP contribution in [0, 0.1) is 24.7 Å². The lowest BCUT2D eigenvalue weighted by Gasteiger charge is -2.28. The Kier molecular flexibility index (Phi) is 7.01. The molecule has 3 fully saturated rings. The highest BCUT2D eigenvalue weighted by atomic mass is 19.4. The van der Waals surface area contributed by atoms with E-state index < -0.39 is 11.7 Å². The van der Waals surface area contributed by atoms with Crippen molar-refractivity contribution in [3.63, 3.8) is 0 Å². The molecular formula is C26H33F3N4O2. The first-order valence-corrected chi connectivity index (χ1v) is 12.5. The van der Waals surface area contributed by atoms with Gasteiger partial charge < -0.3 is 20.1 Å². The van der Waals surface area contributed by atoms with E-state index in [0.29, 0.717) is 28.9 Å². The van der Waals surface area contributed by atoms with Gasteiger partial charge in [0.25, 0.3) is 0 Å². The van der Waals surface area contributed by atoms with Crippen molar-refractivity contribution < 1.29 is 23.0 Å². The summed E-state index contributed by atoms with van der Waals surface area (Å²) in [5.74, 6) is 1.54. The maximum absolute atomic E-state index is 14.0. The fraction of sp³-hybridized carbons (Fsp3) is 0.615. The topological polar surface area (TPSA) is 70.5 Å². The third kappa shape index (κ3) is 5.47. The molecule has 2 aliphatic heterocycles. The summed E-state index contributed by atoms with van der Waals surface area (Å²) in [5.41, 5.74) is 1.41. The highest BCUT2D eigenvalue weighted by Gasteiger charge is 2.43. The summed E-state index contributed by atoms with van der Waals surface area (Å²) in [6, 6.07) is 6.18. The Morgan fingerprint density at radius 2 is 1.80 bits per heavy atom. The van der Waals surface area contributed by atoms with Crippen LogP contribution < -0.4 is 5.32 Å². The van der Waals surface area contributed by atoms with Gasteiger partial charge in [-0.15, -0.1) is 10.2 Å². The van der Waals surface area contributed by atoms with Crippen LogP contribution in [0.1, 0.15) is 42.4 Å². The highest BCUT2D eigenvalue weighted by molar-refractivity contribution is 5.66. The molecule has 1 aliphatic carbocycles. The number of nitrogens with zero attached hydrogens (tertiary/aromatic N) is 3. The molecule has 3 atom stereocenters. The number of nitrogens with one attached hydrogen (secondary N) is 1. The number of aromatic nitrogens is 2. The van der Waals surface area contributed by atoms with Crippen molar-refractivity contribution in [3.05, 3.63) is 41.0 Å². The molecule has 2 aromatic rings. The second-order valence-electron chi connectivity index (χ2n) is 10.4. The molecule has 9 heteroatoms. The number of alkyl halides is 3. The largest absolute Gasteiger partial charge is 0.420 e. The molecule has 2 N–H and O–H groups in total. The Bertz CT molecular complexity index is 1030. The molecule has 1 aromatic heterocycles. The molecule has 3 heterocycles. The van der Waals surface area contributed by atoms with Crippen molar-refractivity contribution >= 4 is 5.82 Å². The number of aryl methyl sites for hydroxylation is 1. The van der Waals surface area contributed by atoms with E-state index >= 15 is 0 Å². The number of rotatable bonds is 6. The fourth-order valence-corrected chi connectivity index (χ4v) is 6.11. The van der Waals surface area contributed by atoms with Gasteiger partial charge in [-0.25, -0.2) is 0 Å². The van der Waals surface area contributed by atoms with Crippen molar-refractivity contribution in [3.8, 4) is 11.3 Å². The van der Waals surface area contributed by atoms with Gasteiger partial charge in [0.2, 0.25) is 0 Å². The van der Waals surface area contributed by atoms with E-state index in [9.17, 15) is 18.3 Å². The first kappa shape index (κ1) is 24.5. The summed E-state index contributed by atoms with van der Waals surface area (Å²) in [7, 11) is 0. The van der Waals surface area contributed by atoms with Crippen LogP contribution in [0.5, 0.6) is 0 Å². The van der Waals surface area contributed by atoms with E-state index in [4.69, 9.17) is 4.74 Å². The number of likely N-dealkylation sites (tertiary alicyclic amines) is 1. The first-order valence-electron chi connectivity index (χ1n) is 12.5. The van der Waals surface area contributed by atoms with Crippen molar-refractivity contribution in [1.82, 2.24) is 15.1 Å². The number of halogens is 3. The molecule has 0 bridgehead atoms. The molecule has 3 aliphatic rings. The number of aliphatic hydroxyl groups is 1. The molecule has 35 heavy (non-hydrogen) atoms. The third-order valence-corrected chi connectivity index (χ3v) is 7.87. The number of fused-ring (bicyclic) bond motifs is 1. The normalized spacial score (nSPS) is 25.7. The number of hydrogen-bond acceptors (Lipinski definition) is 6. The molecule has 0 spiro atoms. The summed E-state index contributed by atoms with van der Waals surface area (Å²) in [5, 5.41) is 20.5. The number of ether oxygens (including phenoxy) is 1. The molecule has 5 rings (SSSR count). The molecule has 2 saturated heterocycles. The van der Waals surface area contributed by atoms with Gasteiger partial charge in [-0.3, -0.25) is 0 Å². The van der Waals surface area contributed by atoms with E-state index in [-0.39, 0.29) is 24.2 Å². The van der Waals surface area contributed by atoms with Gasteiger partial charge in [-0.1, -0.05) is 18.2 Å². The predicted octanol–water partition coefficient (Wildman–Crippen LogP) is 4.51. The maximum Gasteiger partial charge on any atom is 0.420 e. The molecule has 0 amide bonds. The summed E-state index contributed by atoms with van der Waals surface area (Å²) in [6.45, 7) is 6.54. The zero-order valence-electron chi connectivity index (χ0n) is 20.0. The highest BCUT2D eigenvalue weighted by Crippen LogP contribution is 2.42. The van der Waals surface area contributed by atoms with Gasteiger partial charge in [0, 0.05) is 44.5 Å². The van der Waals surface area contributed by atoms with Crippen LogP contribution in [-0.4, -0.2) is 59.1 Å². The smallest absolute Gasteiger partial charge is 0.392 e. The number of anilines is 1. The zero-order chi connectivity index (χ0) is 24.6. The Hall–Kier alpha value is -2.23. The minimum Gasteiger partial charge on any atom is -0.392 e. The summed E-state index contributed by atoms with van der Waals surface area (Å²) >= 11 is 0. The molecule has 0 radical (unpaired) electrons. The maximum atomic E-state index is 14.0.